The summed E-state index contributed by atoms with van der Waals surface area (Å²) in [4.78, 5) is 0. The molecule has 1 saturated heterocycles. The molecule has 2 heterocycles. The number of aromatic nitrogens is 2. The average Bonchev–Trinajstić information content (AvgIpc) is 2.91. The minimum atomic E-state index is -0.0223. The standard InChI is InChI=1S/C12H21BrN4O/c1-3-5-17-11(9(13)7-15-17)10(16-14)12-8(2)4-6-18-12/h7-8,10,12,16H,3-6,14H2,1-2H3. The molecule has 1 fully saturated rings. The van der Waals surface area contributed by atoms with Crippen LogP contribution in [0.15, 0.2) is 10.7 Å². The Morgan fingerprint density at radius 3 is 3.06 bits per heavy atom. The molecule has 0 amide bonds. The summed E-state index contributed by atoms with van der Waals surface area (Å²) in [6, 6.07) is -0.0223. The predicted octanol–water partition coefficient (Wildman–Crippen LogP) is 1.99. The number of nitrogens with one attached hydrogen (secondary N) is 1. The van der Waals surface area contributed by atoms with Crippen LogP contribution in [0.2, 0.25) is 0 Å². The summed E-state index contributed by atoms with van der Waals surface area (Å²) < 4.78 is 8.82. The van der Waals surface area contributed by atoms with E-state index in [-0.39, 0.29) is 12.1 Å². The topological polar surface area (TPSA) is 65.1 Å². The Kier molecular flexibility index (Phi) is 4.77. The Morgan fingerprint density at radius 2 is 2.50 bits per heavy atom. The molecule has 0 radical (unpaired) electrons. The normalized spacial score (nSPS) is 25.6. The molecule has 0 aromatic carbocycles. The van der Waals surface area contributed by atoms with Crippen LogP contribution in [0.25, 0.3) is 0 Å². The van der Waals surface area contributed by atoms with E-state index in [1.54, 1.807) is 0 Å². The van der Waals surface area contributed by atoms with Crippen LogP contribution in [0.5, 0.6) is 0 Å². The number of ether oxygens (including phenoxy) is 1. The van der Waals surface area contributed by atoms with Gasteiger partial charge < -0.3 is 4.74 Å². The first-order valence-electron chi connectivity index (χ1n) is 6.48. The van der Waals surface area contributed by atoms with Crippen molar-refractivity contribution in [1.29, 1.82) is 0 Å². The second kappa shape index (κ2) is 6.14. The van der Waals surface area contributed by atoms with E-state index in [0.717, 1.165) is 36.2 Å². The van der Waals surface area contributed by atoms with E-state index in [9.17, 15) is 0 Å². The fourth-order valence-corrected chi connectivity index (χ4v) is 3.09. The van der Waals surface area contributed by atoms with Crippen molar-refractivity contribution in [3.05, 3.63) is 16.4 Å². The fourth-order valence-electron chi connectivity index (χ4n) is 2.54. The molecule has 1 aromatic rings. The molecule has 1 aromatic heterocycles. The van der Waals surface area contributed by atoms with Crippen molar-refractivity contribution in [1.82, 2.24) is 15.2 Å². The van der Waals surface area contributed by atoms with Gasteiger partial charge in [0.15, 0.2) is 0 Å². The number of hydrogen-bond acceptors (Lipinski definition) is 4. The minimum Gasteiger partial charge on any atom is -0.376 e. The Balaban J connectivity index is 2.28. The lowest BCUT2D eigenvalue weighted by Crippen LogP contribution is -2.40. The van der Waals surface area contributed by atoms with Crippen LogP contribution >= 0.6 is 15.9 Å². The number of rotatable bonds is 5. The molecular weight excluding hydrogens is 296 g/mol. The van der Waals surface area contributed by atoms with Gasteiger partial charge in [-0.1, -0.05) is 13.8 Å². The zero-order valence-corrected chi connectivity index (χ0v) is 12.5. The molecule has 3 unspecified atom stereocenters. The first kappa shape index (κ1) is 14.0. The first-order chi connectivity index (χ1) is 8.69. The molecule has 102 valence electrons. The minimum absolute atomic E-state index is 0.0223. The van der Waals surface area contributed by atoms with E-state index in [1.165, 1.54) is 0 Å². The van der Waals surface area contributed by atoms with E-state index >= 15 is 0 Å². The van der Waals surface area contributed by atoms with Crippen LogP contribution < -0.4 is 11.3 Å². The Hall–Kier alpha value is -0.430. The third-order valence-corrected chi connectivity index (χ3v) is 4.13. The maximum Gasteiger partial charge on any atom is 0.0904 e. The molecule has 1 aliphatic heterocycles. The van der Waals surface area contributed by atoms with Gasteiger partial charge in [-0.05, 0) is 34.7 Å². The Bertz CT molecular complexity index is 395. The highest BCUT2D eigenvalue weighted by atomic mass is 79.9. The van der Waals surface area contributed by atoms with E-state index in [2.05, 4.69) is 40.3 Å². The van der Waals surface area contributed by atoms with Crippen LogP contribution in [-0.4, -0.2) is 22.5 Å². The highest BCUT2D eigenvalue weighted by molar-refractivity contribution is 9.10. The molecular formula is C12H21BrN4O. The third-order valence-electron chi connectivity index (χ3n) is 3.52. The summed E-state index contributed by atoms with van der Waals surface area (Å²) in [5.74, 6) is 6.25. The number of hydrazine groups is 1. The first-order valence-corrected chi connectivity index (χ1v) is 7.27. The largest absolute Gasteiger partial charge is 0.376 e. The number of nitrogens with zero attached hydrogens (tertiary/aromatic N) is 2. The van der Waals surface area contributed by atoms with E-state index in [1.807, 2.05) is 10.9 Å². The SMILES string of the molecule is CCCn1ncc(Br)c1C(NN)C1OCCC1C. The van der Waals surface area contributed by atoms with Gasteiger partial charge in [-0.25, -0.2) is 5.43 Å². The number of nitrogens with two attached hydrogens (primary N) is 1. The number of hydrogen-bond donors (Lipinski definition) is 2. The second-order valence-electron chi connectivity index (χ2n) is 4.85. The third kappa shape index (κ3) is 2.61. The molecule has 6 heteroatoms. The quantitative estimate of drug-likeness (QED) is 0.644. The summed E-state index contributed by atoms with van der Waals surface area (Å²) in [5, 5.41) is 4.39. The van der Waals surface area contributed by atoms with Gasteiger partial charge in [0, 0.05) is 13.2 Å². The Morgan fingerprint density at radius 1 is 1.72 bits per heavy atom. The van der Waals surface area contributed by atoms with E-state index < -0.39 is 0 Å². The van der Waals surface area contributed by atoms with Crippen LogP contribution in [-0.2, 0) is 11.3 Å². The number of aryl methyl sites for hydroxylation is 1. The van der Waals surface area contributed by atoms with Crippen LogP contribution in [0.1, 0.15) is 38.4 Å². The molecule has 18 heavy (non-hydrogen) atoms. The van der Waals surface area contributed by atoms with Gasteiger partial charge in [0.25, 0.3) is 0 Å². The fraction of sp³-hybridized carbons (Fsp3) is 0.750. The lowest BCUT2D eigenvalue weighted by molar-refractivity contribution is 0.0576. The monoisotopic (exact) mass is 316 g/mol. The summed E-state index contributed by atoms with van der Waals surface area (Å²) in [6.45, 7) is 6.04. The van der Waals surface area contributed by atoms with Gasteiger partial charge in [-0.3, -0.25) is 10.5 Å². The smallest absolute Gasteiger partial charge is 0.0904 e. The van der Waals surface area contributed by atoms with Gasteiger partial charge in [-0.2, -0.15) is 5.10 Å². The van der Waals surface area contributed by atoms with Crippen LogP contribution in [0.3, 0.4) is 0 Å². The van der Waals surface area contributed by atoms with Crippen molar-refractivity contribution in [2.24, 2.45) is 11.8 Å². The molecule has 0 saturated carbocycles. The molecule has 1 aliphatic rings. The van der Waals surface area contributed by atoms with Crippen molar-refractivity contribution < 1.29 is 4.74 Å². The molecule has 3 atom stereocenters. The molecule has 0 aliphatic carbocycles. The zero-order chi connectivity index (χ0) is 13.1. The van der Waals surface area contributed by atoms with Gasteiger partial charge in [0.2, 0.25) is 0 Å². The highest BCUT2D eigenvalue weighted by Gasteiger charge is 2.35. The summed E-state index contributed by atoms with van der Waals surface area (Å²) in [7, 11) is 0. The summed E-state index contributed by atoms with van der Waals surface area (Å²) in [5.41, 5.74) is 3.98. The molecule has 0 bridgehead atoms. The average molecular weight is 317 g/mol. The lowest BCUT2D eigenvalue weighted by Gasteiger charge is -2.26. The maximum absolute atomic E-state index is 5.83. The van der Waals surface area contributed by atoms with Gasteiger partial charge in [0.1, 0.15) is 0 Å². The molecule has 2 rings (SSSR count). The second-order valence-corrected chi connectivity index (χ2v) is 5.70. The summed E-state index contributed by atoms with van der Waals surface area (Å²) >= 11 is 3.56. The van der Waals surface area contributed by atoms with Crippen molar-refractivity contribution in [3.63, 3.8) is 0 Å². The zero-order valence-electron chi connectivity index (χ0n) is 10.9. The maximum atomic E-state index is 5.83. The number of halogens is 1. The molecule has 0 spiro atoms. The molecule has 5 nitrogen and oxygen atoms in total. The predicted molar refractivity (Wildman–Crippen MR) is 73.8 cm³/mol. The Labute approximate surface area is 116 Å². The summed E-state index contributed by atoms with van der Waals surface area (Å²) in [6.07, 6.45) is 4.06. The van der Waals surface area contributed by atoms with Crippen molar-refractivity contribution in [2.45, 2.75) is 45.4 Å². The van der Waals surface area contributed by atoms with Gasteiger partial charge in [0.05, 0.1) is 28.5 Å². The highest BCUT2D eigenvalue weighted by Crippen LogP contribution is 2.34. The van der Waals surface area contributed by atoms with Gasteiger partial charge in [-0.15, -0.1) is 0 Å². The van der Waals surface area contributed by atoms with E-state index in [4.69, 9.17) is 10.6 Å². The van der Waals surface area contributed by atoms with Crippen molar-refractivity contribution >= 4 is 15.9 Å². The van der Waals surface area contributed by atoms with Crippen LogP contribution in [0, 0.1) is 5.92 Å². The van der Waals surface area contributed by atoms with Crippen LogP contribution in [0.4, 0.5) is 0 Å². The van der Waals surface area contributed by atoms with E-state index in [0.29, 0.717) is 5.92 Å². The molecule has 3 N–H and O–H groups in total. The lowest BCUT2D eigenvalue weighted by atomic mass is 9.96. The van der Waals surface area contributed by atoms with Crippen molar-refractivity contribution in [2.75, 3.05) is 6.61 Å². The van der Waals surface area contributed by atoms with Gasteiger partial charge >= 0.3 is 0 Å². The van der Waals surface area contributed by atoms with Crippen molar-refractivity contribution in [3.8, 4) is 0 Å².